The predicted octanol–water partition coefficient (Wildman–Crippen LogP) is 2.33. The van der Waals surface area contributed by atoms with Crippen LogP contribution in [0.2, 0.25) is 0 Å². The van der Waals surface area contributed by atoms with Crippen LogP contribution in [0.25, 0.3) is 0 Å². The molecule has 0 aliphatic carbocycles. The molecule has 1 unspecified atom stereocenters. The van der Waals surface area contributed by atoms with Crippen molar-refractivity contribution in [2.24, 2.45) is 5.92 Å². The molecule has 0 saturated heterocycles. The van der Waals surface area contributed by atoms with E-state index in [-0.39, 0.29) is 12.3 Å². The molecule has 0 aliphatic heterocycles. The second-order valence-corrected chi connectivity index (χ2v) is 4.72. The van der Waals surface area contributed by atoms with Gasteiger partial charge in [0.2, 0.25) is 0 Å². The SMILES string of the molecule is CC(C)CC(NC(=O)c1ccc(F)c(F)c1F)C(=O)O. The molecule has 20 heavy (non-hydrogen) atoms. The van der Waals surface area contributed by atoms with Gasteiger partial charge in [-0.05, 0) is 24.5 Å². The van der Waals surface area contributed by atoms with E-state index in [4.69, 9.17) is 5.11 Å². The van der Waals surface area contributed by atoms with Gasteiger partial charge in [-0.2, -0.15) is 0 Å². The van der Waals surface area contributed by atoms with Crippen LogP contribution in [-0.2, 0) is 4.79 Å². The molecule has 0 saturated carbocycles. The fourth-order valence-corrected chi connectivity index (χ4v) is 1.63. The number of nitrogens with one attached hydrogen (secondary N) is 1. The van der Waals surface area contributed by atoms with Crippen LogP contribution in [0.5, 0.6) is 0 Å². The molecule has 0 fully saturated rings. The summed E-state index contributed by atoms with van der Waals surface area (Å²) >= 11 is 0. The number of benzene rings is 1. The summed E-state index contributed by atoms with van der Waals surface area (Å²) in [6.07, 6.45) is 0.131. The highest BCUT2D eigenvalue weighted by Gasteiger charge is 2.25. The van der Waals surface area contributed by atoms with E-state index in [0.717, 1.165) is 6.07 Å². The van der Waals surface area contributed by atoms with Gasteiger partial charge in [-0.25, -0.2) is 18.0 Å². The number of hydrogen-bond donors (Lipinski definition) is 2. The Balaban J connectivity index is 2.95. The van der Waals surface area contributed by atoms with Gasteiger partial charge in [0.15, 0.2) is 17.5 Å². The van der Waals surface area contributed by atoms with Crippen LogP contribution < -0.4 is 5.32 Å². The smallest absolute Gasteiger partial charge is 0.326 e. The first-order chi connectivity index (χ1) is 9.23. The normalized spacial score (nSPS) is 12.3. The number of amides is 1. The van der Waals surface area contributed by atoms with Gasteiger partial charge < -0.3 is 10.4 Å². The Morgan fingerprint density at radius 2 is 1.80 bits per heavy atom. The zero-order chi connectivity index (χ0) is 15.4. The second-order valence-electron chi connectivity index (χ2n) is 4.72. The van der Waals surface area contributed by atoms with Crippen molar-refractivity contribution < 1.29 is 27.9 Å². The lowest BCUT2D eigenvalue weighted by Gasteiger charge is -2.16. The van der Waals surface area contributed by atoms with E-state index in [9.17, 15) is 22.8 Å². The van der Waals surface area contributed by atoms with Crippen LogP contribution in [0, 0.1) is 23.4 Å². The average molecular weight is 289 g/mol. The van der Waals surface area contributed by atoms with Crippen molar-refractivity contribution in [3.8, 4) is 0 Å². The average Bonchev–Trinajstić information content (AvgIpc) is 2.34. The summed E-state index contributed by atoms with van der Waals surface area (Å²) in [4.78, 5) is 22.7. The van der Waals surface area contributed by atoms with Crippen LogP contribution in [-0.4, -0.2) is 23.0 Å². The minimum atomic E-state index is -1.77. The summed E-state index contributed by atoms with van der Waals surface area (Å²) in [5, 5.41) is 11.0. The van der Waals surface area contributed by atoms with E-state index < -0.39 is 40.9 Å². The quantitative estimate of drug-likeness (QED) is 0.818. The van der Waals surface area contributed by atoms with Gasteiger partial charge >= 0.3 is 5.97 Å². The molecular formula is C13H14F3NO3. The van der Waals surface area contributed by atoms with E-state index in [0.29, 0.717) is 6.07 Å². The Morgan fingerprint density at radius 1 is 1.20 bits per heavy atom. The summed E-state index contributed by atoms with van der Waals surface area (Å²) in [6, 6.07) is 0.137. The second kappa shape index (κ2) is 6.40. The first-order valence-electron chi connectivity index (χ1n) is 5.91. The fraction of sp³-hybridized carbons (Fsp3) is 0.385. The third-order valence-electron chi connectivity index (χ3n) is 2.59. The lowest BCUT2D eigenvalue weighted by Crippen LogP contribution is -2.42. The lowest BCUT2D eigenvalue weighted by molar-refractivity contribution is -0.139. The topological polar surface area (TPSA) is 66.4 Å². The van der Waals surface area contributed by atoms with Gasteiger partial charge in [-0.15, -0.1) is 0 Å². The Bertz CT molecular complexity index is 532. The highest BCUT2D eigenvalue weighted by molar-refractivity contribution is 5.96. The number of carboxylic acids is 1. The highest BCUT2D eigenvalue weighted by Crippen LogP contribution is 2.15. The molecule has 0 spiro atoms. The predicted molar refractivity (Wildman–Crippen MR) is 64.7 cm³/mol. The summed E-state index contributed by atoms with van der Waals surface area (Å²) in [6.45, 7) is 3.50. The van der Waals surface area contributed by atoms with Crippen molar-refractivity contribution >= 4 is 11.9 Å². The van der Waals surface area contributed by atoms with Crippen molar-refractivity contribution in [1.82, 2.24) is 5.32 Å². The van der Waals surface area contributed by atoms with Gasteiger partial charge in [-0.1, -0.05) is 13.8 Å². The fourth-order valence-electron chi connectivity index (χ4n) is 1.63. The van der Waals surface area contributed by atoms with Gasteiger partial charge in [0.25, 0.3) is 5.91 Å². The number of rotatable bonds is 5. The third kappa shape index (κ3) is 3.72. The lowest BCUT2D eigenvalue weighted by atomic mass is 10.0. The Morgan fingerprint density at radius 3 is 2.30 bits per heavy atom. The zero-order valence-electron chi connectivity index (χ0n) is 10.9. The van der Waals surface area contributed by atoms with Crippen molar-refractivity contribution in [2.75, 3.05) is 0 Å². The van der Waals surface area contributed by atoms with Gasteiger partial charge in [0.05, 0.1) is 5.56 Å². The Kier molecular flexibility index (Phi) is 5.12. The number of halogens is 3. The van der Waals surface area contributed by atoms with Crippen LogP contribution in [0.15, 0.2) is 12.1 Å². The van der Waals surface area contributed by atoms with Gasteiger partial charge in [0.1, 0.15) is 6.04 Å². The van der Waals surface area contributed by atoms with Crippen molar-refractivity contribution in [2.45, 2.75) is 26.3 Å². The maximum atomic E-state index is 13.4. The minimum Gasteiger partial charge on any atom is -0.480 e. The Labute approximate surface area is 113 Å². The minimum absolute atomic E-state index is 0.0220. The molecule has 0 aromatic heterocycles. The van der Waals surface area contributed by atoms with Crippen molar-refractivity contribution in [1.29, 1.82) is 0 Å². The molecule has 1 atom stereocenters. The first-order valence-corrected chi connectivity index (χ1v) is 5.91. The summed E-state index contributed by atoms with van der Waals surface area (Å²) in [5.74, 6) is -7.24. The van der Waals surface area contributed by atoms with Crippen molar-refractivity contribution in [3.63, 3.8) is 0 Å². The monoisotopic (exact) mass is 289 g/mol. The zero-order valence-corrected chi connectivity index (χ0v) is 10.9. The van der Waals surface area contributed by atoms with E-state index in [2.05, 4.69) is 5.32 Å². The molecule has 110 valence electrons. The molecule has 1 rings (SSSR count). The van der Waals surface area contributed by atoms with Crippen LogP contribution in [0.1, 0.15) is 30.6 Å². The summed E-state index contributed by atoms with van der Waals surface area (Å²) in [5.41, 5.74) is -0.737. The molecule has 4 nitrogen and oxygen atoms in total. The van der Waals surface area contributed by atoms with Crippen LogP contribution in [0.3, 0.4) is 0 Å². The number of carboxylic acid groups (broad SMARTS) is 1. The van der Waals surface area contributed by atoms with Crippen LogP contribution in [0.4, 0.5) is 13.2 Å². The molecule has 2 N–H and O–H groups in total. The third-order valence-corrected chi connectivity index (χ3v) is 2.59. The standard InChI is InChI=1S/C13H14F3NO3/c1-6(2)5-9(13(19)20)17-12(18)7-3-4-8(14)11(16)10(7)15/h3-4,6,9H,5H2,1-2H3,(H,17,18)(H,19,20). The largest absolute Gasteiger partial charge is 0.480 e. The first kappa shape index (κ1) is 16.0. The maximum absolute atomic E-state index is 13.4. The molecule has 1 aromatic carbocycles. The number of carbonyl (C=O) groups excluding carboxylic acids is 1. The molecule has 0 aliphatic rings. The molecule has 0 bridgehead atoms. The maximum Gasteiger partial charge on any atom is 0.326 e. The summed E-state index contributed by atoms with van der Waals surface area (Å²) in [7, 11) is 0. The number of carbonyl (C=O) groups is 2. The van der Waals surface area contributed by atoms with Crippen LogP contribution >= 0.6 is 0 Å². The van der Waals surface area contributed by atoms with E-state index >= 15 is 0 Å². The molecular weight excluding hydrogens is 275 g/mol. The summed E-state index contributed by atoms with van der Waals surface area (Å²) < 4.78 is 39.2. The highest BCUT2D eigenvalue weighted by atomic mass is 19.2. The molecule has 0 heterocycles. The molecule has 1 aromatic rings. The molecule has 7 heteroatoms. The Hall–Kier alpha value is -2.05. The van der Waals surface area contributed by atoms with Crippen molar-refractivity contribution in [3.05, 3.63) is 35.1 Å². The molecule has 1 amide bonds. The van der Waals surface area contributed by atoms with E-state index in [1.807, 2.05) is 0 Å². The van der Waals surface area contributed by atoms with Gasteiger partial charge in [-0.3, -0.25) is 4.79 Å². The number of aliphatic carboxylic acids is 1. The van der Waals surface area contributed by atoms with Gasteiger partial charge in [0, 0.05) is 0 Å². The van der Waals surface area contributed by atoms with E-state index in [1.54, 1.807) is 13.8 Å². The van der Waals surface area contributed by atoms with E-state index in [1.165, 1.54) is 0 Å². The molecule has 0 radical (unpaired) electrons. The number of hydrogen-bond acceptors (Lipinski definition) is 2.